The number of rotatable bonds is 0. The fraction of sp³-hybridized carbons (Fsp3) is 0. The molecule has 0 aromatic heterocycles. The van der Waals surface area contributed by atoms with Crippen LogP contribution in [0, 0.1) is 0 Å². The molecule has 0 aliphatic carbocycles. The van der Waals surface area contributed by atoms with Crippen LogP contribution in [0.15, 0.2) is 0 Å². The van der Waals surface area contributed by atoms with Crippen LogP contribution in [0.3, 0.4) is 0 Å². The maximum absolute atomic E-state index is 8.64. The van der Waals surface area contributed by atoms with Crippen molar-refractivity contribution in [1.82, 2.24) is 0 Å². The van der Waals surface area contributed by atoms with Crippen molar-refractivity contribution in [3.8, 4) is 0 Å². The average Bonchev–Trinajstić information content (AvgIpc) is 1.41. The molecule has 0 aliphatic heterocycles. The molecule has 0 unspecified atom stereocenters. The Balaban J connectivity index is -0.0000000655. The molecule has 0 aliphatic rings. The molecule has 0 saturated carbocycles. The van der Waals surface area contributed by atoms with Gasteiger partial charge in [0.2, 0.25) is 0 Å². The van der Waals surface area contributed by atoms with Gasteiger partial charge in [0.05, 0.1) is 0 Å². The predicted molar refractivity (Wildman–Crippen MR) is 11.9 cm³/mol. The molecule has 16 heavy (non-hydrogen) atoms. The molecule has 12 nitrogen and oxygen atoms in total. The van der Waals surface area contributed by atoms with Gasteiger partial charge in [-0.3, -0.25) is 0 Å². The first-order valence-corrected chi connectivity index (χ1v) is 15.2. The topological polar surface area (TPSA) is 223 Å². The van der Waals surface area contributed by atoms with E-state index in [-0.39, 0.29) is 17.4 Å². The third-order valence-electron chi connectivity index (χ3n) is 0. The zero-order valence-corrected chi connectivity index (χ0v) is 15.9. The van der Waals surface area contributed by atoms with E-state index in [9.17, 15) is 0 Å². The Kier molecular flexibility index (Phi) is 15.3. The van der Waals surface area contributed by atoms with Gasteiger partial charge in [-0.2, -0.15) is 0 Å². The van der Waals surface area contributed by atoms with E-state index in [0.29, 0.717) is 0 Å². The number of hydrogen-bond donors (Lipinski definition) is 0. The second kappa shape index (κ2) is 9.61. The quantitative estimate of drug-likeness (QED) is 0.211. The van der Waals surface area contributed by atoms with Crippen LogP contribution in [0.4, 0.5) is 0 Å². The summed E-state index contributed by atoms with van der Waals surface area (Å²) in [5.74, 6) is 0. The van der Waals surface area contributed by atoms with Crippen LogP contribution >= 0.6 is 0 Å². The fourth-order valence-electron chi connectivity index (χ4n) is 0. The van der Waals surface area contributed by atoms with Crippen molar-refractivity contribution in [1.29, 1.82) is 0 Å². The predicted octanol–water partition coefficient (Wildman–Crippen LogP) is -5.02. The summed E-state index contributed by atoms with van der Waals surface area (Å²) < 4.78 is 104. The van der Waals surface area contributed by atoms with Crippen LogP contribution in [0.1, 0.15) is 0 Å². The Hall–Kier alpha value is 0.599. The molecule has 0 saturated heterocycles. The summed E-state index contributed by atoms with van der Waals surface area (Å²) in [5, 5.41) is 0. The van der Waals surface area contributed by atoms with Crippen molar-refractivity contribution < 1.29 is 90.1 Å². The molecule has 16 heteroatoms. The summed E-state index contributed by atoms with van der Waals surface area (Å²) in [6.07, 6.45) is 0. The molecule has 96 valence electrons. The molecule has 0 bridgehead atoms. The molecule has 0 spiro atoms. The van der Waals surface area contributed by atoms with Crippen molar-refractivity contribution in [2.24, 2.45) is 0 Å². The molecule has 0 N–H and O–H groups in total. The van der Waals surface area contributed by atoms with Gasteiger partial charge >= 0.3 is 107 Å². The van der Waals surface area contributed by atoms with E-state index in [2.05, 4.69) is 0 Å². The molecule has 0 radical (unpaired) electrons. The van der Waals surface area contributed by atoms with Crippen LogP contribution in [-0.2, 0) is 78.6 Å². The Morgan fingerprint density at radius 3 is 0.438 bits per heavy atom. The molecule has 0 atom stereocenters. The third kappa shape index (κ3) is 7510. The monoisotopic (exact) mass is 780 g/mol. The van der Waals surface area contributed by atoms with Gasteiger partial charge in [-0.15, -0.1) is 0 Å². The van der Waals surface area contributed by atoms with Gasteiger partial charge < -0.3 is 0 Å². The van der Waals surface area contributed by atoms with Crippen LogP contribution in [0.25, 0.3) is 0 Å². The van der Waals surface area contributed by atoms with Gasteiger partial charge in [-0.05, 0) is 0 Å². The fourth-order valence-corrected chi connectivity index (χ4v) is 0. The van der Waals surface area contributed by atoms with Crippen molar-refractivity contribution in [3.05, 3.63) is 0 Å². The van der Waals surface area contributed by atoms with Crippen molar-refractivity contribution >= 4 is 17.4 Å². The van der Waals surface area contributed by atoms with Gasteiger partial charge in [0.25, 0.3) is 0 Å². The Morgan fingerprint density at radius 1 is 0.438 bits per heavy atom. The Bertz CT molecular complexity index is 480. The van der Waals surface area contributed by atoms with Crippen molar-refractivity contribution in [2.75, 3.05) is 0 Å². The Labute approximate surface area is 106 Å². The molecule has 0 amide bonds. The first kappa shape index (κ1) is 25.4. The molecular weight excluding hydrogens is 778 g/mol. The standard InChI is InChI=1S/Al.12O.3Re/q+3;;;;;;;;;;3*-1;;;. The molecule has 0 aromatic rings. The first-order chi connectivity index (χ1) is 6.00. The average molecular weight is 778 g/mol. The van der Waals surface area contributed by atoms with Gasteiger partial charge in [0.15, 0.2) is 0 Å². The molecule has 0 rings (SSSR count). The van der Waals surface area contributed by atoms with Crippen LogP contribution in [-0.4, -0.2) is 17.4 Å². The maximum atomic E-state index is 8.64. The zero-order valence-electron chi connectivity index (χ0n) is 6.61. The Morgan fingerprint density at radius 2 is 0.438 bits per heavy atom. The first-order valence-electron chi connectivity index (χ1n) is 1.85. The molecule has 0 aromatic carbocycles. The minimum atomic E-state index is -6.11. The van der Waals surface area contributed by atoms with Crippen LogP contribution < -0.4 is 11.5 Å². The van der Waals surface area contributed by atoms with E-state index in [1.54, 1.807) is 0 Å². The SMILES string of the molecule is [Al+3].[O]=[Re](=[O])(=[O])[O-].[O]=[Re](=[O])(=[O])[O-].[O]=[Re](=[O])(=[O])[O-]. The van der Waals surface area contributed by atoms with Gasteiger partial charge in [-0.25, -0.2) is 0 Å². The van der Waals surface area contributed by atoms with Crippen LogP contribution in [0.5, 0.6) is 0 Å². The number of hydrogen-bond acceptors (Lipinski definition) is 12. The molecular formula is AlO12Re3. The summed E-state index contributed by atoms with van der Waals surface area (Å²) in [6.45, 7) is 0. The molecule has 0 fully saturated rings. The van der Waals surface area contributed by atoms with E-state index in [1.807, 2.05) is 0 Å². The second-order valence-electron chi connectivity index (χ2n) is 1.13. The van der Waals surface area contributed by atoms with Gasteiger partial charge in [0.1, 0.15) is 0 Å². The summed E-state index contributed by atoms with van der Waals surface area (Å²) >= 11 is -18.3. The van der Waals surface area contributed by atoms with Gasteiger partial charge in [0, 0.05) is 0 Å². The zero-order chi connectivity index (χ0) is 13.5. The van der Waals surface area contributed by atoms with Crippen molar-refractivity contribution in [3.63, 3.8) is 0 Å². The second-order valence-corrected chi connectivity index (χ2v) is 9.28. The van der Waals surface area contributed by atoms with E-state index >= 15 is 0 Å². The van der Waals surface area contributed by atoms with Crippen molar-refractivity contribution in [2.45, 2.75) is 0 Å². The summed E-state index contributed by atoms with van der Waals surface area (Å²) in [6, 6.07) is 0. The van der Waals surface area contributed by atoms with Gasteiger partial charge in [-0.1, -0.05) is 0 Å². The van der Waals surface area contributed by atoms with Crippen LogP contribution in [0.2, 0.25) is 0 Å². The van der Waals surface area contributed by atoms with E-state index in [0.717, 1.165) is 0 Å². The van der Waals surface area contributed by atoms with E-state index in [1.165, 1.54) is 0 Å². The normalized spacial score (nSPS) is 10.7. The summed E-state index contributed by atoms with van der Waals surface area (Å²) in [4.78, 5) is 0. The minimum absolute atomic E-state index is 0. The third-order valence-corrected chi connectivity index (χ3v) is 0. The molecule has 0 heterocycles. The summed E-state index contributed by atoms with van der Waals surface area (Å²) in [5.41, 5.74) is 0. The summed E-state index contributed by atoms with van der Waals surface area (Å²) in [7, 11) is 0. The van der Waals surface area contributed by atoms with E-state index < -0.39 is 47.4 Å². The van der Waals surface area contributed by atoms with E-state index in [4.69, 9.17) is 42.7 Å².